The van der Waals surface area contributed by atoms with E-state index in [9.17, 15) is 9.59 Å². The number of carbonyl (C=O) groups is 2. The van der Waals surface area contributed by atoms with E-state index in [4.69, 9.17) is 18.9 Å². The molecule has 0 bridgehead atoms. The number of anilines is 2. The molecule has 252 valence electrons. The third-order valence-corrected chi connectivity index (χ3v) is 8.65. The summed E-state index contributed by atoms with van der Waals surface area (Å²) >= 11 is 0. The molecule has 0 aliphatic carbocycles. The predicted molar refractivity (Wildman–Crippen MR) is 184 cm³/mol. The Morgan fingerprint density at radius 1 is 0.915 bits per heavy atom. The number of aryl methyl sites for hydroxylation is 3. The van der Waals surface area contributed by atoms with Crippen molar-refractivity contribution in [3.63, 3.8) is 0 Å². The van der Waals surface area contributed by atoms with Gasteiger partial charge in [0.1, 0.15) is 11.9 Å². The van der Waals surface area contributed by atoms with E-state index in [1.807, 2.05) is 87.2 Å². The van der Waals surface area contributed by atoms with E-state index in [1.54, 1.807) is 0 Å². The van der Waals surface area contributed by atoms with Crippen LogP contribution in [0.1, 0.15) is 86.3 Å². The van der Waals surface area contributed by atoms with Gasteiger partial charge in [-0.2, -0.15) is 0 Å². The number of nitrogens with zero attached hydrogens (tertiary/aromatic N) is 1. The second-order valence-corrected chi connectivity index (χ2v) is 13.0. The Bertz CT molecular complexity index is 1500. The number of unbranched alkanes of at least 4 members (excludes halogenated alkanes) is 4. The fourth-order valence-corrected chi connectivity index (χ4v) is 6.01. The lowest BCUT2D eigenvalue weighted by Gasteiger charge is -2.32. The first-order valence-corrected chi connectivity index (χ1v) is 16.9. The zero-order chi connectivity index (χ0) is 33.2. The fourth-order valence-electron chi connectivity index (χ4n) is 6.01. The molecule has 2 heterocycles. The van der Waals surface area contributed by atoms with Crippen LogP contribution in [-0.2, 0) is 27.2 Å². The molecule has 0 radical (unpaired) electrons. The molecule has 0 saturated carbocycles. The molecular weight excluding hydrogens is 594 g/mol. The smallest absolute Gasteiger partial charge is 0.410 e. The minimum Gasteiger partial charge on any atom is -0.463 e. The topological polar surface area (TPSA) is 98.4 Å². The maximum absolute atomic E-state index is 12.6. The van der Waals surface area contributed by atoms with Crippen LogP contribution in [0.3, 0.4) is 0 Å². The van der Waals surface area contributed by atoms with Crippen molar-refractivity contribution in [3.8, 4) is 5.75 Å². The van der Waals surface area contributed by atoms with Gasteiger partial charge in [-0.05, 0) is 92.5 Å². The second kappa shape index (κ2) is 16.2. The van der Waals surface area contributed by atoms with Gasteiger partial charge in [-0.1, -0.05) is 49.2 Å². The third kappa shape index (κ3) is 9.95. The number of hydrogen-bond donors (Lipinski definition) is 2. The molecule has 1 fully saturated rings. The lowest BCUT2D eigenvalue weighted by molar-refractivity contribution is -0.180. The van der Waals surface area contributed by atoms with E-state index in [2.05, 4.69) is 16.7 Å². The quantitative estimate of drug-likeness (QED) is 0.161. The van der Waals surface area contributed by atoms with Crippen LogP contribution < -0.4 is 15.4 Å². The van der Waals surface area contributed by atoms with Gasteiger partial charge in [-0.3, -0.25) is 0 Å². The molecule has 5 rings (SSSR count). The van der Waals surface area contributed by atoms with E-state index in [1.165, 1.54) is 5.56 Å². The van der Waals surface area contributed by atoms with Crippen LogP contribution in [-0.4, -0.2) is 49.1 Å². The molecule has 9 heteroatoms. The number of carbonyl (C=O) groups excluding carboxylic acids is 2. The SMILES string of the molecule is Cc1cccc(C)c1NC(=O)Nc1cccc(CCCCOCCCCCCN2CC(c3ccc4c(c3)COC(C)(C)O4)OC2=O)c1. The van der Waals surface area contributed by atoms with Crippen LogP contribution in [0.5, 0.6) is 5.75 Å². The number of urea groups is 1. The van der Waals surface area contributed by atoms with Crippen molar-refractivity contribution in [3.05, 3.63) is 88.5 Å². The van der Waals surface area contributed by atoms with E-state index in [-0.39, 0.29) is 18.2 Å². The molecule has 3 aromatic rings. The van der Waals surface area contributed by atoms with Crippen LogP contribution in [0.25, 0.3) is 0 Å². The Labute approximate surface area is 278 Å². The number of cyclic esters (lactones) is 1. The number of ether oxygens (including phenoxy) is 4. The van der Waals surface area contributed by atoms with Gasteiger partial charge >= 0.3 is 12.1 Å². The zero-order valence-corrected chi connectivity index (χ0v) is 28.2. The van der Waals surface area contributed by atoms with Crippen molar-refractivity contribution in [2.24, 2.45) is 0 Å². The first-order chi connectivity index (χ1) is 22.7. The number of amides is 3. The number of fused-ring (bicyclic) bond motifs is 1. The molecule has 0 aromatic heterocycles. The Morgan fingerprint density at radius 3 is 2.47 bits per heavy atom. The largest absolute Gasteiger partial charge is 0.463 e. The number of rotatable bonds is 15. The van der Waals surface area contributed by atoms with Gasteiger partial charge in [-0.15, -0.1) is 0 Å². The molecule has 2 N–H and O–H groups in total. The minimum atomic E-state index is -0.630. The highest BCUT2D eigenvalue weighted by atomic mass is 16.7. The lowest BCUT2D eigenvalue weighted by Crippen LogP contribution is -2.35. The van der Waals surface area contributed by atoms with Gasteiger partial charge in [0, 0.05) is 50.5 Å². The van der Waals surface area contributed by atoms with Gasteiger partial charge in [0.05, 0.1) is 13.2 Å². The molecule has 2 aliphatic rings. The Hall–Kier alpha value is -4.08. The summed E-state index contributed by atoms with van der Waals surface area (Å²) in [5.74, 6) is 0.192. The number of para-hydroxylation sites is 1. The maximum atomic E-state index is 12.6. The average molecular weight is 644 g/mol. The van der Waals surface area contributed by atoms with Crippen molar-refractivity contribution in [1.82, 2.24) is 4.90 Å². The van der Waals surface area contributed by atoms with Crippen LogP contribution in [0.15, 0.2) is 60.7 Å². The molecule has 2 aliphatic heterocycles. The first-order valence-electron chi connectivity index (χ1n) is 16.9. The van der Waals surface area contributed by atoms with Gasteiger partial charge in [0.15, 0.2) is 0 Å². The average Bonchev–Trinajstić information content (AvgIpc) is 3.41. The summed E-state index contributed by atoms with van der Waals surface area (Å²) in [6, 6.07) is 19.7. The molecule has 1 atom stereocenters. The van der Waals surface area contributed by atoms with Crippen molar-refractivity contribution >= 4 is 23.5 Å². The van der Waals surface area contributed by atoms with Gasteiger partial charge in [0.25, 0.3) is 0 Å². The Balaban J connectivity index is 0.896. The van der Waals surface area contributed by atoms with Crippen LogP contribution >= 0.6 is 0 Å². The normalized spacial score (nSPS) is 16.7. The predicted octanol–water partition coefficient (Wildman–Crippen LogP) is 8.69. The zero-order valence-electron chi connectivity index (χ0n) is 28.2. The molecule has 9 nitrogen and oxygen atoms in total. The molecule has 3 aromatic carbocycles. The van der Waals surface area contributed by atoms with Crippen LogP contribution in [0.2, 0.25) is 0 Å². The Morgan fingerprint density at radius 2 is 1.66 bits per heavy atom. The van der Waals surface area contributed by atoms with Crippen LogP contribution in [0.4, 0.5) is 21.0 Å². The summed E-state index contributed by atoms with van der Waals surface area (Å²) in [4.78, 5) is 26.8. The molecule has 1 saturated heterocycles. The highest BCUT2D eigenvalue weighted by molar-refractivity contribution is 6.00. The summed E-state index contributed by atoms with van der Waals surface area (Å²) in [5.41, 5.74) is 6.86. The minimum absolute atomic E-state index is 0.238. The number of nitrogens with one attached hydrogen (secondary N) is 2. The monoisotopic (exact) mass is 643 g/mol. The first kappa shape index (κ1) is 34.3. The van der Waals surface area contributed by atoms with E-state index >= 15 is 0 Å². The number of hydrogen-bond acceptors (Lipinski definition) is 6. The number of benzene rings is 3. The molecule has 1 unspecified atom stereocenters. The van der Waals surface area contributed by atoms with Gasteiger partial charge in [0.2, 0.25) is 5.79 Å². The molecule has 3 amide bonds. The highest BCUT2D eigenvalue weighted by Gasteiger charge is 2.33. The highest BCUT2D eigenvalue weighted by Crippen LogP contribution is 2.35. The van der Waals surface area contributed by atoms with E-state index in [0.29, 0.717) is 19.7 Å². The molecule has 47 heavy (non-hydrogen) atoms. The van der Waals surface area contributed by atoms with Crippen molar-refractivity contribution in [2.45, 2.75) is 91.1 Å². The lowest BCUT2D eigenvalue weighted by atomic mass is 10.0. The fraction of sp³-hybridized carbons (Fsp3) is 0.474. The molecule has 0 spiro atoms. The van der Waals surface area contributed by atoms with Crippen molar-refractivity contribution in [2.75, 3.05) is 36.9 Å². The summed E-state index contributed by atoms with van der Waals surface area (Å²) in [7, 11) is 0. The van der Waals surface area contributed by atoms with E-state index in [0.717, 1.165) is 97.5 Å². The van der Waals surface area contributed by atoms with Crippen molar-refractivity contribution < 1.29 is 28.5 Å². The summed E-state index contributed by atoms with van der Waals surface area (Å²) in [6.07, 6.45) is 6.53. The maximum Gasteiger partial charge on any atom is 0.410 e. The van der Waals surface area contributed by atoms with Crippen molar-refractivity contribution in [1.29, 1.82) is 0 Å². The molecular formula is C38H49N3O6. The second-order valence-electron chi connectivity index (χ2n) is 13.0. The summed E-state index contributed by atoms with van der Waals surface area (Å²) in [5, 5.41) is 5.93. The third-order valence-electron chi connectivity index (χ3n) is 8.65. The van der Waals surface area contributed by atoms with Gasteiger partial charge < -0.3 is 34.5 Å². The summed E-state index contributed by atoms with van der Waals surface area (Å²) in [6.45, 7) is 11.0. The Kier molecular flexibility index (Phi) is 11.8. The standard InChI is InChI=1S/C38H49N3O6/c1-27-13-11-14-28(2)35(27)40-36(42)39-32-17-12-16-29(23-32)15-7-10-22-44-21-9-6-5-8-20-41-25-34(46-37(41)43)30-18-19-33-31(24-30)26-45-38(3,4)47-33/h11-14,16-19,23-24,34H,5-10,15,20-22,25-26H2,1-4H3,(H2,39,40,42). The van der Waals surface area contributed by atoms with Crippen LogP contribution in [0, 0.1) is 13.8 Å². The van der Waals surface area contributed by atoms with Gasteiger partial charge in [-0.25, -0.2) is 9.59 Å². The summed E-state index contributed by atoms with van der Waals surface area (Å²) < 4.78 is 23.2. The van der Waals surface area contributed by atoms with E-state index < -0.39 is 5.79 Å².